The lowest BCUT2D eigenvalue weighted by molar-refractivity contribution is -0.312. The second-order valence-corrected chi connectivity index (χ2v) is 4.70. The van der Waals surface area contributed by atoms with Crippen LogP contribution in [0.25, 0.3) is 0 Å². The van der Waals surface area contributed by atoms with E-state index < -0.39 is 5.97 Å². The Morgan fingerprint density at radius 1 is 1.21 bits per heavy atom. The number of aliphatic carboxylic acids is 1. The Balaban J connectivity index is 0. The zero-order valence-electron chi connectivity index (χ0n) is 11.7. The van der Waals surface area contributed by atoms with Crippen LogP contribution >= 0.6 is 12.4 Å². The molecule has 19 heavy (non-hydrogen) atoms. The van der Waals surface area contributed by atoms with Crippen LogP contribution in [-0.2, 0) is 9.53 Å². The molecule has 1 aliphatic heterocycles. The Bertz CT molecular complexity index is 217. The highest BCUT2D eigenvalue weighted by molar-refractivity contribution is 5.85. The molecule has 0 aromatic heterocycles. The lowest BCUT2D eigenvalue weighted by atomic mass is 9.90. The molecule has 2 fully saturated rings. The first kappa shape index (κ1) is 20.9. The van der Waals surface area contributed by atoms with Gasteiger partial charge >= 0.3 is 0 Å². The maximum Gasteiger partial charge on any atom is 0.0594 e. The molecular formula is C13H27ClNO4-. The second-order valence-electron chi connectivity index (χ2n) is 4.70. The summed E-state index contributed by atoms with van der Waals surface area (Å²) in [6.07, 6.45) is 5.01. The van der Waals surface area contributed by atoms with Gasteiger partial charge in [-0.1, -0.05) is 26.2 Å². The third-order valence-electron chi connectivity index (χ3n) is 3.49. The van der Waals surface area contributed by atoms with Crippen molar-refractivity contribution < 1.29 is 20.1 Å². The van der Waals surface area contributed by atoms with Gasteiger partial charge in [-0.25, -0.2) is 0 Å². The number of carbonyl (C=O) groups is 1. The van der Waals surface area contributed by atoms with Crippen molar-refractivity contribution in [2.24, 2.45) is 5.92 Å². The number of hydrogen-bond donors (Lipinski definition) is 0. The normalized spacial score (nSPS) is 20.3. The molecule has 0 aromatic rings. The van der Waals surface area contributed by atoms with Gasteiger partial charge in [0.25, 0.3) is 0 Å². The first-order valence-corrected chi connectivity index (χ1v) is 6.75. The molecule has 2 aliphatic rings. The summed E-state index contributed by atoms with van der Waals surface area (Å²) in [5, 5.41) is 10.2. The predicted molar refractivity (Wildman–Crippen MR) is 75.4 cm³/mol. The van der Waals surface area contributed by atoms with Crippen molar-refractivity contribution in [3.05, 3.63) is 0 Å². The molecule has 5 nitrogen and oxygen atoms in total. The Hall–Kier alpha value is -0.360. The van der Waals surface area contributed by atoms with Crippen LogP contribution < -0.4 is 5.11 Å². The topological polar surface area (TPSA) is 84.1 Å². The molecule has 1 aliphatic carbocycles. The number of morpholine rings is 1. The fourth-order valence-corrected chi connectivity index (χ4v) is 2.26. The van der Waals surface area contributed by atoms with Gasteiger partial charge < -0.3 is 20.1 Å². The van der Waals surface area contributed by atoms with Crippen LogP contribution in [0, 0.1) is 5.92 Å². The molecular weight excluding hydrogens is 270 g/mol. The minimum atomic E-state index is -0.852. The van der Waals surface area contributed by atoms with Crippen molar-refractivity contribution in [2.45, 2.75) is 39.0 Å². The summed E-state index contributed by atoms with van der Waals surface area (Å²) in [6, 6.07) is 0. The summed E-state index contributed by atoms with van der Waals surface area (Å²) in [5.74, 6) is -0.992. The third kappa shape index (κ3) is 9.21. The molecule has 0 bridgehead atoms. The van der Waals surface area contributed by atoms with Crippen LogP contribution in [-0.4, -0.2) is 49.2 Å². The van der Waals surface area contributed by atoms with Gasteiger partial charge in [0.2, 0.25) is 0 Å². The zero-order valence-corrected chi connectivity index (χ0v) is 12.5. The number of carbonyl (C=O) groups excluding carboxylic acids is 1. The highest BCUT2D eigenvalue weighted by atomic mass is 35.5. The molecule has 1 heterocycles. The van der Waals surface area contributed by atoms with Gasteiger partial charge in [-0.2, -0.15) is 0 Å². The molecule has 0 unspecified atom stereocenters. The fourth-order valence-electron chi connectivity index (χ4n) is 2.26. The quantitative estimate of drug-likeness (QED) is 0.731. The van der Waals surface area contributed by atoms with E-state index in [1.165, 1.54) is 13.0 Å². The highest BCUT2D eigenvalue weighted by Crippen LogP contribution is 2.22. The lowest BCUT2D eigenvalue weighted by Crippen LogP contribution is -2.35. The van der Waals surface area contributed by atoms with Gasteiger partial charge in [0, 0.05) is 19.1 Å². The van der Waals surface area contributed by atoms with Crippen molar-refractivity contribution in [2.75, 3.05) is 32.8 Å². The van der Waals surface area contributed by atoms with Gasteiger partial charge in [-0.3, -0.25) is 4.90 Å². The Morgan fingerprint density at radius 3 is 2.05 bits per heavy atom. The fraction of sp³-hybridized carbons (Fsp3) is 0.923. The average molecular weight is 297 g/mol. The molecule has 0 radical (unpaired) electrons. The van der Waals surface area contributed by atoms with Crippen molar-refractivity contribution >= 4 is 18.4 Å². The monoisotopic (exact) mass is 296 g/mol. The van der Waals surface area contributed by atoms with E-state index in [1.54, 1.807) is 0 Å². The SMILES string of the molecule is CCN1CCOCC1.Cl.O.O=C([O-])C1CCCCC1. The van der Waals surface area contributed by atoms with E-state index in [0.29, 0.717) is 0 Å². The molecule has 6 heteroatoms. The van der Waals surface area contributed by atoms with Gasteiger partial charge in [0.15, 0.2) is 0 Å². The van der Waals surface area contributed by atoms with E-state index in [4.69, 9.17) is 4.74 Å². The van der Waals surface area contributed by atoms with Gasteiger partial charge in [-0.15, -0.1) is 12.4 Å². The number of hydrogen-bond acceptors (Lipinski definition) is 4. The predicted octanol–water partition coefficient (Wildman–Crippen LogP) is 0.252. The largest absolute Gasteiger partial charge is 0.550 e. The molecule has 0 amide bonds. The standard InChI is InChI=1S/C7H12O2.C6H13NO.ClH.H2O/c8-7(9)6-4-2-1-3-5-6;1-2-7-3-5-8-6-4-7;;/h6H,1-5H2,(H,8,9);2-6H2,1H3;1H;1H2/p-1. The summed E-state index contributed by atoms with van der Waals surface area (Å²) in [6.45, 7) is 7.45. The van der Waals surface area contributed by atoms with E-state index in [1.807, 2.05) is 0 Å². The maximum absolute atomic E-state index is 10.2. The molecule has 2 rings (SSSR count). The Labute approximate surface area is 122 Å². The van der Waals surface area contributed by atoms with Crippen molar-refractivity contribution in [3.63, 3.8) is 0 Å². The first-order chi connectivity index (χ1) is 8.24. The molecule has 0 atom stereocenters. The highest BCUT2D eigenvalue weighted by Gasteiger charge is 2.13. The van der Waals surface area contributed by atoms with Crippen LogP contribution in [0.3, 0.4) is 0 Å². The van der Waals surface area contributed by atoms with E-state index in [0.717, 1.165) is 52.0 Å². The van der Waals surface area contributed by atoms with Gasteiger partial charge in [0.1, 0.15) is 0 Å². The Kier molecular flexibility index (Phi) is 14.0. The number of nitrogens with zero attached hydrogens (tertiary/aromatic N) is 1. The minimum Gasteiger partial charge on any atom is -0.550 e. The number of ether oxygens (including phenoxy) is 1. The lowest BCUT2D eigenvalue weighted by Gasteiger charge is -2.24. The first-order valence-electron chi connectivity index (χ1n) is 6.75. The molecule has 0 spiro atoms. The smallest absolute Gasteiger partial charge is 0.0594 e. The van der Waals surface area contributed by atoms with Crippen LogP contribution in [0.15, 0.2) is 0 Å². The third-order valence-corrected chi connectivity index (χ3v) is 3.49. The molecule has 1 saturated carbocycles. The summed E-state index contributed by atoms with van der Waals surface area (Å²) in [7, 11) is 0. The number of halogens is 1. The van der Waals surface area contributed by atoms with E-state index in [2.05, 4.69) is 11.8 Å². The average Bonchev–Trinajstić information content (AvgIpc) is 2.41. The van der Waals surface area contributed by atoms with Crippen molar-refractivity contribution in [3.8, 4) is 0 Å². The van der Waals surface area contributed by atoms with E-state index in [-0.39, 0.29) is 23.8 Å². The zero-order chi connectivity index (χ0) is 12.5. The van der Waals surface area contributed by atoms with Crippen molar-refractivity contribution in [1.29, 1.82) is 0 Å². The maximum atomic E-state index is 10.2. The van der Waals surface area contributed by atoms with Gasteiger partial charge in [-0.05, 0) is 25.3 Å². The van der Waals surface area contributed by atoms with Crippen LogP contribution in [0.4, 0.5) is 0 Å². The number of carboxylic acid groups (broad SMARTS) is 1. The summed E-state index contributed by atoms with van der Waals surface area (Å²) in [4.78, 5) is 12.6. The van der Waals surface area contributed by atoms with E-state index in [9.17, 15) is 9.90 Å². The number of likely N-dealkylation sites (N-methyl/N-ethyl adjacent to an activating group) is 1. The van der Waals surface area contributed by atoms with E-state index >= 15 is 0 Å². The van der Waals surface area contributed by atoms with Crippen molar-refractivity contribution in [1.82, 2.24) is 4.90 Å². The summed E-state index contributed by atoms with van der Waals surface area (Å²) >= 11 is 0. The second kappa shape index (κ2) is 12.7. The number of carboxylic acids is 1. The van der Waals surface area contributed by atoms with Crippen LogP contribution in [0.5, 0.6) is 0 Å². The minimum absolute atomic E-state index is 0. The van der Waals surface area contributed by atoms with Crippen LogP contribution in [0.2, 0.25) is 0 Å². The molecule has 0 aromatic carbocycles. The molecule has 2 N–H and O–H groups in total. The van der Waals surface area contributed by atoms with Crippen LogP contribution in [0.1, 0.15) is 39.0 Å². The Morgan fingerprint density at radius 2 is 1.74 bits per heavy atom. The van der Waals surface area contributed by atoms with Gasteiger partial charge in [0.05, 0.1) is 13.2 Å². The summed E-state index contributed by atoms with van der Waals surface area (Å²) < 4.78 is 5.16. The number of rotatable bonds is 2. The molecule has 1 saturated heterocycles. The summed E-state index contributed by atoms with van der Waals surface area (Å²) in [5.41, 5.74) is 0. The molecule has 116 valence electrons.